The molecule has 0 N–H and O–H groups in total. The van der Waals surface area contributed by atoms with Gasteiger partial charge in [-0.25, -0.2) is 14.0 Å². The van der Waals surface area contributed by atoms with Gasteiger partial charge in [-0.2, -0.15) is 0 Å². The Bertz CT molecular complexity index is 1040. The molecular formula is C20H13Cl2FO4. The first kappa shape index (κ1) is 19.1. The quantitative estimate of drug-likeness (QED) is 0.547. The second kappa shape index (κ2) is 7.94. The number of esters is 2. The number of carbonyl (C=O) groups is 2. The fourth-order valence-electron chi connectivity index (χ4n) is 2.67. The van der Waals surface area contributed by atoms with Gasteiger partial charge in [-0.1, -0.05) is 53.5 Å². The lowest BCUT2D eigenvalue weighted by Gasteiger charge is -2.18. The highest BCUT2D eigenvalue weighted by Gasteiger charge is 2.29. The van der Waals surface area contributed by atoms with Crippen molar-refractivity contribution in [2.24, 2.45) is 0 Å². The molecule has 0 aliphatic heterocycles. The van der Waals surface area contributed by atoms with E-state index < -0.39 is 23.9 Å². The Hall–Kier alpha value is -2.63. The van der Waals surface area contributed by atoms with Crippen molar-refractivity contribution in [3.8, 4) is 0 Å². The summed E-state index contributed by atoms with van der Waals surface area (Å²) in [6.45, 7) is 0. The van der Waals surface area contributed by atoms with Gasteiger partial charge < -0.3 is 9.47 Å². The van der Waals surface area contributed by atoms with Gasteiger partial charge in [0.15, 0.2) is 0 Å². The van der Waals surface area contributed by atoms with E-state index in [0.717, 1.165) is 0 Å². The first-order valence-corrected chi connectivity index (χ1v) is 8.59. The number of ether oxygens (including phenoxy) is 2. The first-order valence-electron chi connectivity index (χ1n) is 7.83. The Kier molecular flexibility index (Phi) is 5.63. The molecule has 7 heteroatoms. The number of benzene rings is 3. The predicted octanol–water partition coefficient (Wildman–Crippen LogP) is 5.36. The predicted molar refractivity (Wildman–Crippen MR) is 101 cm³/mol. The van der Waals surface area contributed by atoms with E-state index in [-0.39, 0.29) is 21.5 Å². The summed E-state index contributed by atoms with van der Waals surface area (Å²) in [6.07, 6.45) is -1.39. The van der Waals surface area contributed by atoms with E-state index in [4.69, 9.17) is 32.7 Å². The van der Waals surface area contributed by atoms with Crippen molar-refractivity contribution in [3.05, 3.63) is 81.6 Å². The number of hydrogen-bond donors (Lipinski definition) is 0. The molecule has 0 aromatic heterocycles. The number of halogens is 3. The molecule has 0 aliphatic rings. The normalized spacial score (nSPS) is 11.9. The smallest absolute Gasteiger partial charge is 0.352 e. The maximum Gasteiger partial charge on any atom is 0.352 e. The Balaban J connectivity index is 2.01. The molecule has 0 saturated carbocycles. The molecule has 0 radical (unpaired) electrons. The van der Waals surface area contributed by atoms with Gasteiger partial charge in [-0.05, 0) is 29.7 Å². The number of carbonyl (C=O) groups excluding carboxylic acids is 2. The van der Waals surface area contributed by atoms with Crippen molar-refractivity contribution in [2.75, 3.05) is 7.11 Å². The monoisotopic (exact) mass is 406 g/mol. The largest absolute Gasteiger partial charge is 0.466 e. The summed E-state index contributed by atoms with van der Waals surface area (Å²) >= 11 is 12.0. The summed E-state index contributed by atoms with van der Waals surface area (Å²) in [5.74, 6) is -2.08. The zero-order valence-electron chi connectivity index (χ0n) is 14.0. The average molecular weight is 407 g/mol. The highest BCUT2D eigenvalue weighted by atomic mass is 35.5. The molecule has 1 unspecified atom stereocenters. The molecule has 0 spiro atoms. The Morgan fingerprint density at radius 1 is 1.00 bits per heavy atom. The van der Waals surface area contributed by atoms with E-state index >= 15 is 0 Å². The van der Waals surface area contributed by atoms with Crippen LogP contribution in [0.25, 0.3) is 10.8 Å². The van der Waals surface area contributed by atoms with Crippen LogP contribution < -0.4 is 0 Å². The zero-order chi connectivity index (χ0) is 19.6. The van der Waals surface area contributed by atoms with Crippen LogP contribution in [-0.2, 0) is 14.3 Å². The second-order valence-corrected chi connectivity index (χ2v) is 6.46. The third kappa shape index (κ3) is 3.89. The maximum absolute atomic E-state index is 14.0. The van der Waals surface area contributed by atoms with Gasteiger partial charge in [0.1, 0.15) is 5.82 Å². The summed E-state index contributed by atoms with van der Waals surface area (Å²) in [5.41, 5.74) is 0.346. The maximum atomic E-state index is 14.0. The second-order valence-electron chi connectivity index (χ2n) is 5.61. The lowest BCUT2D eigenvalue weighted by atomic mass is 10.0. The van der Waals surface area contributed by atoms with Gasteiger partial charge >= 0.3 is 11.9 Å². The Morgan fingerprint density at radius 2 is 1.70 bits per heavy atom. The molecular weight excluding hydrogens is 394 g/mol. The lowest BCUT2D eigenvalue weighted by molar-refractivity contribution is -0.151. The zero-order valence-corrected chi connectivity index (χ0v) is 15.6. The van der Waals surface area contributed by atoms with E-state index in [9.17, 15) is 14.0 Å². The van der Waals surface area contributed by atoms with E-state index in [1.807, 2.05) is 0 Å². The number of fused-ring (bicyclic) bond motifs is 1. The van der Waals surface area contributed by atoms with Crippen LogP contribution in [0.1, 0.15) is 22.0 Å². The van der Waals surface area contributed by atoms with Crippen LogP contribution in [0.4, 0.5) is 4.39 Å². The first-order chi connectivity index (χ1) is 12.9. The van der Waals surface area contributed by atoms with Gasteiger partial charge in [-0.3, -0.25) is 0 Å². The SMILES string of the molecule is COC(=O)C(OC(=O)c1ccc(F)c2ccccc12)c1ccc(Cl)cc1Cl. The molecule has 0 saturated heterocycles. The van der Waals surface area contributed by atoms with Crippen molar-refractivity contribution >= 4 is 45.9 Å². The van der Waals surface area contributed by atoms with Crippen LogP contribution in [0, 0.1) is 5.82 Å². The van der Waals surface area contributed by atoms with Crippen molar-refractivity contribution in [1.29, 1.82) is 0 Å². The molecule has 3 rings (SSSR count). The summed E-state index contributed by atoms with van der Waals surface area (Å²) in [6, 6.07) is 13.4. The topological polar surface area (TPSA) is 52.6 Å². The van der Waals surface area contributed by atoms with Crippen LogP contribution in [0.2, 0.25) is 10.0 Å². The van der Waals surface area contributed by atoms with Gasteiger partial charge in [0.2, 0.25) is 6.10 Å². The van der Waals surface area contributed by atoms with Crippen LogP contribution in [0.5, 0.6) is 0 Å². The molecule has 138 valence electrons. The number of rotatable bonds is 4. The molecule has 1 atom stereocenters. The summed E-state index contributed by atoms with van der Waals surface area (Å²) in [7, 11) is 1.17. The summed E-state index contributed by atoms with van der Waals surface area (Å²) < 4.78 is 24.1. The van der Waals surface area contributed by atoms with Crippen LogP contribution in [0.3, 0.4) is 0 Å². The fourth-order valence-corrected chi connectivity index (χ4v) is 3.18. The molecule has 4 nitrogen and oxygen atoms in total. The molecule has 0 heterocycles. The van der Waals surface area contributed by atoms with E-state index in [1.54, 1.807) is 24.3 Å². The van der Waals surface area contributed by atoms with Crippen molar-refractivity contribution < 1.29 is 23.5 Å². The van der Waals surface area contributed by atoms with Gasteiger partial charge in [0.25, 0.3) is 0 Å². The van der Waals surface area contributed by atoms with Gasteiger partial charge in [0, 0.05) is 21.0 Å². The minimum Gasteiger partial charge on any atom is -0.466 e. The average Bonchev–Trinajstić information content (AvgIpc) is 2.66. The summed E-state index contributed by atoms with van der Waals surface area (Å²) in [4.78, 5) is 24.9. The Labute approximate surface area is 164 Å². The van der Waals surface area contributed by atoms with Crippen LogP contribution in [0.15, 0.2) is 54.6 Å². The van der Waals surface area contributed by atoms with Crippen LogP contribution >= 0.6 is 23.2 Å². The minimum absolute atomic E-state index is 0.117. The number of hydrogen-bond acceptors (Lipinski definition) is 4. The van der Waals surface area contributed by atoms with E-state index in [2.05, 4.69) is 0 Å². The molecule has 27 heavy (non-hydrogen) atoms. The fraction of sp³-hybridized carbons (Fsp3) is 0.100. The van der Waals surface area contributed by atoms with E-state index in [1.165, 1.54) is 37.4 Å². The van der Waals surface area contributed by atoms with E-state index in [0.29, 0.717) is 10.4 Å². The number of methoxy groups -OCH3 is 1. The van der Waals surface area contributed by atoms with Gasteiger partial charge in [0.05, 0.1) is 12.7 Å². The Morgan fingerprint density at radius 3 is 2.37 bits per heavy atom. The van der Waals surface area contributed by atoms with Gasteiger partial charge in [-0.15, -0.1) is 0 Å². The third-order valence-electron chi connectivity index (χ3n) is 3.98. The molecule has 3 aromatic carbocycles. The minimum atomic E-state index is -1.39. The van der Waals surface area contributed by atoms with Crippen LogP contribution in [-0.4, -0.2) is 19.0 Å². The molecule has 0 fully saturated rings. The summed E-state index contributed by atoms with van der Waals surface area (Å²) in [5, 5.41) is 1.15. The third-order valence-corrected chi connectivity index (χ3v) is 4.54. The highest BCUT2D eigenvalue weighted by molar-refractivity contribution is 6.35. The van der Waals surface area contributed by atoms with Crippen molar-refractivity contribution in [1.82, 2.24) is 0 Å². The molecule has 0 amide bonds. The van der Waals surface area contributed by atoms with Crippen molar-refractivity contribution in [3.63, 3.8) is 0 Å². The standard InChI is InChI=1S/C20H13Cl2FO4/c1-26-20(25)18(15-7-6-11(21)10-16(15)22)27-19(24)14-8-9-17(23)13-5-3-2-4-12(13)14/h2-10,18H,1H3. The highest BCUT2D eigenvalue weighted by Crippen LogP contribution is 2.31. The molecule has 0 bridgehead atoms. The molecule has 3 aromatic rings. The lowest BCUT2D eigenvalue weighted by Crippen LogP contribution is -2.21. The van der Waals surface area contributed by atoms with Crippen molar-refractivity contribution in [2.45, 2.75) is 6.10 Å². The molecule has 0 aliphatic carbocycles.